The average molecular weight is 415 g/mol. The summed E-state index contributed by atoms with van der Waals surface area (Å²) in [6.45, 7) is 2.08. The van der Waals surface area contributed by atoms with Crippen LogP contribution < -0.4 is 4.72 Å². The Labute approximate surface area is 163 Å². The molecular formula is C19H24F3N3O2S. The summed E-state index contributed by atoms with van der Waals surface area (Å²) in [5.74, 6) is 0. The predicted octanol–water partition coefficient (Wildman–Crippen LogP) is 3.71. The largest absolute Gasteiger partial charge is 0.435 e. The van der Waals surface area contributed by atoms with Crippen molar-refractivity contribution in [1.29, 1.82) is 0 Å². The van der Waals surface area contributed by atoms with Gasteiger partial charge in [0.05, 0.1) is 11.4 Å². The quantitative estimate of drug-likeness (QED) is 0.750. The van der Waals surface area contributed by atoms with E-state index < -0.39 is 21.9 Å². The van der Waals surface area contributed by atoms with Gasteiger partial charge in [-0.3, -0.25) is 4.68 Å². The van der Waals surface area contributed by atoms with Crippen LogP contribution in [0.25, 0.3) is 0 Å². The lowest BCUT2D eigenvalue weighted by Crippen LogP contribution is -2.28. The molecular weight excluding hydrogens is 391 g/mol. The summed E-state index contributed by atoms with van der Waals surface area (Å²) in [6.07, 6.45) is -0.233. The van der Waals surface area contributed by atoms with Gasteiger partial charge in [0.25, 0.3) is 0 Å². The summed E-state index contributed by atoms with van der Waals surface area (Å²) >= 11 is 0. The lowest BCUT2D eigenvalue weighted by molar-refractivity contribution is -0.142. The summed E-state index contributed by atoms with van der Waals surface area (Å²) in [7, 11) is -3.72. The maximum atomic E-state index is 13.2. The van der Waals surface area contributed by atoms with E-state index in [1.54, 1.807) is 24.3 Å². The van der Waals surface area contributed by atoms with Gasteiger partial charge in [-0.05, 0) is 49.8 Å². The number of aromatic nitrogens is 2. The molecule has 0 atom stereocenters. The highest BCUT2D eigenvalue weighted by atomic mass is 32.2. The zero-order valence-electron chi connectivity index (χ0n) is 15.7. The van der Waals surface area contributed by atoms with Crippen molar-refractivity contribution >= 4 is 10.0 Å². The van der Waals surface area contributed by atoms with Crippen LogP contribution in [0.4, 0.5) is 13.2 Å². The molecule has 1 heterocycles. The van der Waals surface area contributed by atoms with Crippen molar-refractivity contribution in [2.45, 2.75) is 63.1 Å². The van der Waals surface area contributed by atoms with Crippen LogP contribution in [0.5, 0.6) is 0 Å². The van der Waals surface area contributed by atoms with Gasteiger partial charge < -0.3 is 0 Å². The minimum Gasteiger partial charge on any atom is -0.267 e. The van der Waals surface area contributed by atoms with E-state index in [4.69, 9.17) is 0 Å². The Hall–Kier alpha value is -1.87. The van der Waals surface area contributed by atoms with Crippen LogP contribution in [-0.4, -0.2) is 24.7 Å². The Balaban J connectivity index is 1.70. The van der Waals surface area contributed by atoms with E-state index in [9.17, 15) is 21.6 Å². The van der Waals surface area contributed by atoms with Crippen molar-refractivity contribution < 1.29 is 21.6 Å². The van der Waals surface area contributed by atoms with Crippen LogP contribution >= 0.6 is 0 Å². The van der Waals surface area contributed by atoms with Crippen LogP contribution in [0.3, 0.4) is 0 Å². The molecule has 1 aliphatic carbocycles. The second-order valence-electron chi connectivity index (χ2n) is 6.99. The van der Waals surface area contributed by atoms with Gasteiger partial charge in [-0.25, -0.2) is 13.1 Å². The number of nitrogens with zero attached hydrogens (tertiary/aromatic N) is 2. The molecule has 0 radical (unpaired) electrons. The standard InChI is InChI=1S/C19H24F3N3O2S/c1-2-5-14-8-10-15(11-9-14)28(26,27)23-12-13-25-17-7-4-3-6-16(17)18(24-25)19(20,21)22/h8-11,23H,2-7,12-13H2,1H3. The average Bonchev–Trinajstić information content (AvgIpc) is 3.02. The van der Waals surface area contributed by atoms with E-state index in [0.717, 1.165) is 24.8 Å². The first-order valence-corrected chi connectivity index (χ1v) is 10.9. The van der Waals surface area contributed by atoms with Crippen molar-refractivity contribution in [1.82, 2.24) is 14.5 Å². The molecule has 1 aromatic heterocycles. The van der Waals surface area contributed by atoms with Gasteiger partial charge in [0, 0.05) is 17.8 Å². The Morgan fingerprint density at radius 3 is 2.46 bits per heavy atom. The number of nitrogens with one attached hydrogen (secondary N) is 1. The molecule has 1 aliphatic rings. The predicted molar refractivity (Wildman–Crippen MR) is 99.5 cm³/mol. The van der Waals surface area contributed by atoms with Gasteiger partial charge in [0.1, 0.15) is 0 Å². The molecule has 0 aliphatic heterocycles. The highest BCUT2D eigenvalue weighted by molar-refractivity contribution is 7.89. The first kappa shape index (κ1) is 20.9. The van der Waals surface area contributed by atoms with Gasteiger partial charge in [-0.2, -0.15) is 18.3 Å². The fraction of sp³-hybridized carbons (Fsp3) is 0.526. The van der Waals surface area contributed by atoms with E-state index in [2.05, 4.69) is 9.82 Å². The number of alkyl halides is 3. The van der Waals surface area contributed by atoms with E-state index in [1.165, 1.54) is 4.68 Å². The topological polar surface area (TPSA) is 64.0 Å². The Morgan fingerprint density at radius 2 is 1.82 bits per heavy atom. The molecule has 28 heavy (non-hydrogen) atoms. The highest BCUT2D eigenvalue weighted by Crippen LogP contribution is 2.35. The molecule has 2 aromatic rings. The molecule has 9 heteroatoms. The van der Waals surface area contributed by atoms with Crippen LogP contribution in [0, 0.1) is 0 Å². The second-order valence-corrected chi connectivity index (χ2v) is 8.76. The third-order valence-corrected chi connectivity index (χ3v) is 6.39. The summed E-state index contributed by atoms with van der Waals surface area (Å²) < 4.78 is 68.3. The van der Waals surface area contributed by atoms with Crippen LogP contribution in [0.15, 0.2) is 29.2 Å². The van der Waals surface area contributed by atoms with Crippen LogP contribution in [0.1, 0.15) is 48.7 Å². The van der Waals surface area contributed by atoms with E-state index in [0.29, 0.717) is 25.0 Å². The smallest absolute Gasteiger partial charge is 0.267 e. The monoisotopic (exact) mass is 415 g/mol. The number of fused-ring (bicyclic) bond motifs is 1. The number of hydrogen-bond donors (Lipinski definition) is 1. The molecule has 0 unspecified atom stereocenters. The van der Waals surface area contributed by atoms with Crippen molar-refractivity contribution in [2.75, 3.05) is 6.54 Å². The van der Waals surface area contributed by atoms with Gasteiger partial charge >= 0.3 is 6.18 Å². The fourth-order valence-electron chi connectivity index (χ4n) is 3.58. The number of hydrogen-bond acceptors (Lipinski definition) is 3. The Morgan fingerprint density at radius 1 is 1.14 bits per heavy atom. The molecule has 0 bridgehead atoms. The van der Waals surface area contributed by atoms with Crippen molar-refractivity contribution in [3.05, 3.63) is 46.8 Å². The number of benzene rings is 1. The molecule has 154 valence electrons. The first-order valence-electron chi connectivity index (χ1n) is 9.46. The van der Waals surface area contributed by atoms with E-state index in [1.807, 2.05) is 6.92 Å². The molecule has 1 N–H and O–H groups in total. The Kier molecular flexibility index (Phi) is 6.14. The summed E-state index contributed by atoms with van der Waals surface area (Å²) in [6, 6.07) is 6.64. The number of halogens is 3. The maximum Gasteiger partial charge on any atom is 0.435 e. The third-order valence-electron chi connectivity index (χ3n) is 4.91. The van der Waals surface area contributed by atoms with E-state index >= 15 is 0 Å². The highest BCUT2D eigenvalue weighted by Gasteiger charge is 2.39. The van der Waals surface area contributed by atoms with Gasteiger partial charge in [-0.1, -0.05) is 25.5 Å². The SMILES string of the molecule is CCCc1ccc(S(=O)(=O)NCCn2nc(C(F)(F)F)c3c2CCCC3)cc1. The van der Waals surface area contributed by atoms with Crippen molar-refractivity contribution in [3.8, 4) is 0 Å². The third kappa shape index (κ3) is 4.57. The normalized spacial score (nSPS) is 14.9. The lowest BCUT2D eigenvalue weighted by Gasteiger charge is -2.15. The second kappa shape index (κ2) is 8.24. The van der Waals surface area contributed by atoms with Gasteiger partial charge in [0.15, 0.2) is 5.69 Å². The first-order chi connectivity index (χ1) is 13.2. The minimum absolute atomic E-state index is 0.0234. The van der Waals surface area contributed by atoms with Gasteiger partial charge in [-0.15, -0.1) is 0 Å². The molecule has 0 saturated heterocycles. The fourth-order valence-corrected chi connectivity index (χ4v) is 4.60. The molecule has 0 fully saturated rings. The van der Waals surface area contributed by atoms with Crippen LogP contribution in [0.2, 0.25) is 0 Å². The van der Waals surface area contributed by atoms with Crippen molar-refractivity contribution in [3.63, 3.8) is 0 Å². The lowest BCUT2D eigenvalue weighted by atomic mass is 9.95. The zero-order chi connectivity index (χ0) is 20.4. The van der Waals surface area contributed by atoms with Crippen LogP contribution in [-0.2, 0) is 42.0 Å². The van der Waals surface area contributed by atoms with Gasteiger partial charge in [0.2, 0.25) is 10.0 Å². The Bertz CT molecular complexity index is 919. The summed E-state index contributed by atoms with van der Waals surface area (Å²) in [5, 5.41) is 3.74. The molecule has 0 amide bonds. The molecule has 0 spiro atoms. The summed E-state index contributed by atoms with van der Waals surface area (Å²) in [4.78, 5) is 0.144. The number of sulfonamides is 1. The number of rotatable bonds is 7. The zero-order valence-corrected chi connectivity index (χ0v) is 16.5. The summed E-state index contributed by atoms with van der Waals surface area (Å²) in [5.41, 5.74) is 1.05. The minimum atomic E-state index is -4.49. The molecule has 1 aromatic carbocycles. The maximum absolute atomic E-state index is 13.2. The van der Waals surface area contributed by atoms with E-state index in [-0.39, 0.29) is 23.5 Å². The molecule has 3 rings (SSSR count). The number of aryl methyl sites for hydroxylation is 1. The molecule has 0 saturated carbocycles. The molecule has 5 nitrogen and oxygen atoms in total. The van der Waals surface area contributed by atoms with Crippen molar-refractivity contribution in [2.24, 2.45) is 0 Å².